The number of hydrogen-bond acceptors (Lipinski definition) is 5. The van der Waals surface area contributed by atoms with E-state index in [-0.39, 0.29) is 17.8 Å². The summed E-state index contributed by atoms with van der Waals surface area (Å²) in [5, 5.41) is 2.43. The molecule has 1 aromatic rings. The molecule has 0 aromatic carbocycles. The molecule has 108 valence electrons. The minimum Gasteiger partial charge on any atom is -0.444 e. The van der Waals surface area contributed by atoms with Crippen molar-refractivity contribution in [2.75, 3.05) is 5.32 Å². The van der Waals surface area contributed by atoms with Gasteiger partial charge in [-0.05, 0) is 32.9 Å². The highest BCUT2D eigenvalue weighted by Gasteiger charge is 2.22. The Morgan fingerprint density at radius 1 is 1.30 bits per heavy atom. The molecule has 6 heteroatoms. The molecule has 6 nitrogen and oxygen atoms in total. The highest BCUT2D eigenvalue weighted by molar-refractivity contribution is 6.44. The van der Waals surface area contributed by atoms with Gasteiger partial charge in [0.25, 0.3) is 0 Å². The predicted octanol–water partition coefficient (Wildman–Crippen LogP) is 2.59. The molecule has 0 fully saturated rings. The fourth-order valence-electron chi connectivity index (χ4n) is 1.39. The normalized spacial score (nSPS) is 10.8. The summed E-state index contributed by atoms with van der Waals surface area (Å²) >= 11 is 0. The monoisotopic (exact) mass is 278 g/mol. The van der Waals surface area contributed by atoms with Crippen molar-refractivity contribution in [2.45, 2.75) is 39.7 Å². The summed E-state index contributed by atoms with van der Waals surface area (Å²) < 4.78 is 5.09. The zero-order chi connectivity index (χ0) is 15.3. The summed E-state index contributed by atoms with van der Waals surface area (Å²) in [6, 6.07) is 3.05. The molecule has 0 spiro atoms. The topological polar surface area (TPSA) is 85.4 Å². The second-order valence-corrected chi connectivity index (χ2v) is 5.13. The molecule has 0 aliphatic heterocycles. The molecule has 0 aliphatic carbocycles. The van der Waals surface area contributed by atoms with Gasteiger partial charge in [0.2, 0.25) is 11.6 Å². The van der Waals surface area contributed by atoms with Crippen LogP contribution in [0.1, 0.15) is 44.6 Å². The van der Waals surface area contributed by atoms with Crippen molar-refractivity contribution in [3.63, 3.8) is 0 Å². The SMILES string of the molecule is CCC(=O)C(=O)c1ncccc1NC(=O)OC(C)(C)C. The Morgan fingerprint density at radius 2 is 1.95 bits per heavy atom. The third kappa shape index (κ3) is 4.46. The van der Waals surface area contributed by atoms with Crippen LogP contribution in [-0.2, 0) is 9.53 Å². The lowest BCUT2D eigenvalue weighted by atomic mass is 10.1. The summed E-state index contributed by atoms with van der Waals surface area (Å²) in [6.07, 6.45) is 0.765. The molecule has 1 N–H and O–H groups in total. The first-order chi connectivity index (χ1) is 9.24. The largest absolute Gasteiger partial charge is 0.444 e. The number of carbonyl (C=O) groups excluding carboxylic acids is 3. The number of Topliss-reactive ketones (excluding diaryl/α,β-unsaturated/α-hetero) is 2. The summed E-state index contributed by atoms with van der Waals surface area (Å²) in [5.41, 5.74) is -0.575. The van der Waals surface area contributed by atoms with Gasteiger partial charge in [0.15, 0.2) is 0 Å². The molecule has 0 unspecified atom stereocenters. The minimum atomic E-state index is -0.723. The van der Waals surface area contributed by atoms with E-state index in [4.69, 9.17) is 4.74 Å². The Balaban J connectivity index is 2.94. The first-order valence-electron chi connectivity index (χ1n) is 6.27. The molecule has 1 amide bonds. The van der Waals surface area contributed by atoms with E-state index in [2.05, 4.69) is 10.3 Å². The Morgan fingerprint density at radius 3 is 2.50 bits per heavy atom. The highest BCUT2D eigenvalue weighted by atomic mass is 16.6. The molecule has 1 aromatic heterocycles. The number of carbonyl (C=O) groups is 3. The number of amides is 1. The van der Waals surface area contributed by atoms with Gasteiger partial charge in [-0.15, -0.1) is 0 Å². The van der Waals surface area contributed by atoms with Gasteiger partial charge in [0, 0.05) is 12.6 Å². The van der Waals surface area contributed by atoms with Crippen LogP contribution in [-0.4, -0.2) is 28.2 Å². The van der Waals surface area contributed by atoms with E-state index in [1.807, 2.05) is 0 Å². The number of anilines is 1. The van der Waals surface area contributed by atoms with Crippen LogP contribution >= 0.6 is 0 Å². The van der Waals surface area contributed by atoms with E-state index in [0.29, 0.717) is 0 Å². The maximum absolute atomic E-state index is 11.9. The molecule has 0 saturated carbocycles. The quantitative estimate of drug-likeness (QED) is 0.675. The molecule has 0 aliphatic rings. The van der Waals surface area contributed by atoms with E-state index < -0.39 is 23.3 Å². The maximum Gasteiger partial charge on any atom is 0.412 e. The van der Waals surface area contributed by atoms with E-state index in [9.17, 15) is 14.4 Å². The number of aromatic nitrogens is 1. The molecule has 1 heterocycles. The first-order valence-corrected chi connectivity index (χ1v) is 6.27. The van der Waals surface area contributed by atoms with Crippen LogP contribution < -0.4 is 5.32 Å². The van der Waals surface area contributed by atoms with Crippen LogP contribution in [0.3, 0.4) is 0 Å². The van der Waals surface area contributed by atoms with Gasteiger partial charge in [0.05, 0.1) is 5.69 Å². The van der Waals surface area contributed by atoms with Crippen molar-refractivity contribution in [1.82, 2.24) is 4.98 Å². The zero-order valence-corrected chi connectivity index (χ0v) is 12.0. The number of ether oxygens (including phenoxy) is 1. The summed E-state index contributed by atoms with van der Waals surface area (Å²) in [7, 11) is 0. The van der Waals surface area contributed by atoms with Gasteiger partial charge < -0.3 is 4.74 Å². The lowest BCUT2D eigenvalue weighted by Gasteiger charge is -2.20. The van der Waals surface area contributed by atoms with Crippen LogP contribution in [0.25, 0.3) is 0 Å². The van der Waals surface area contributed by atoms with E-state index >= 15 is 0 Å². The predicted molar refractivity (Wildman–Crippen MR) is 73.7 cm³/mol. The number of rotatable bonds is 4. The van der Waals surface area contributed by atoms with Crippen molar-refractivity contribution in [3.8, 4) is 0 Å². The minimum absolute atomic E-state index is 0.0785. The van der Waals surface area contributed by atoms with Crippen LogP contribution in [0.4, 0.5) is 10.5 Å². The van der Waals surface area contributed by atoms with Gasteiger partial charge in [-0.2, -0.15) is 0 Å². The maximum atomic E-state index is 11.9. The molecule has 1 rings (SSSR count). The number of ketones is 2. The van der Waals surface area contributed by atoms with Gasteiger partial charge in [-0.25, -0.2) is 4.79 Å². The number of nitrogens with one attached hydrogen (secondary N) is 1. The smallest absolute Gasteiger partial charge is 0.412 e. The van der Waals surface area contributed by atoms with Crippen molar-refractivity contribution < 1.29 is 19.1 Å². The lowest BCUT2D eigenvalue weighted by molar-refractivity contribution is -0.114. The van der Waals surface area contributed by atoms with Crippen LogP contribution in [0.2, 0.25) is 0 Å². The third-order valence-electron chi connectivity index (χ3n) is 2.23. The fourth-order valence-corrected chi connectivity index (χ4v) is 1.39. The standard InChI is InChI=1S/C14H18N2O4/c1-5-10(17)12(18)11-9(7-6-8-15-11)16-13(19)20-14(2,3)4/h6-8H,5H2,1-4H3,(H,16,19). The summed E-state index contributed by atoms with van der Waals surface area (Å²) in [5.74, 6) is -1.28. The molecule has 0 atom stereocenters. The molecule has 20 heavy (non-hydrogen) atoms. The average Bonchev–Trinajstić information content (AvgIpc) is 2.35. The van der Waals surface area contributed by atoms with Gasteiger partial charge in [0.1, 0.15) is 11.3 Å². The second kappa shape index (κ2) is 6.27. The van der Waals surface area contributed by atoms with E-state index in [0.717, 1.165) is 0 Å². The van der Waals surface area contributed by atoms with Crippen LogP contribution in [0, 0.1) is 0 Å². The first kappa shape index (κ1) is 15.8. The van der Waals surface area contributed by atoms with Crippen molar-refractivity contribution >= 4 is 23.3 Å². The van der Waals surface area contributed by atoms with Gasteiger partial charge >= 0.3 is 6.09 Å². The van der Waals surface area contributed by atoms with Crippen LogP contribution in [0.15, 0.2) is 18.3 Å². The molecule has 0 saturated heterocycles. The van der Waals surface area contributed by atoms with Crippen LogP contribution in [0.5, 0.6) is 0 Å². The molecular weight excluding hydrogens is 260 g/mol. The number of pyridine rings is 1. The van der Waals surface area contributed by atoms with Gasteiger partial charge in [-0.3, -0.25) is 19.9 Å². The molecule has 0 bridgehead atoms. The van der Waals surface area contributed by atoms with E-state index in [1.54, 1.807) is 33.8 Å². The number of hydrogen-bond donors (Lipinski definition) is 1. The zero-order valence-electron chi connectivity index (χ0n) is 12.0. The fraction of sp³-hybridized carbons (Fsp3) is 0.429. The summed E-state index contributed by atoms with van der Waals surface area (Å²) in [4.78, 5) is 38.8. The van der Waals surface area contributed by atoms with E-state index in [1.165, 1.54) is 12.3 Å². The van der Waals surface area contributed by atoms with Crippen molar-refractivity contribution in [2.24, 2.45) is 0 Å². The second-order valence-electron chi connectivity index (χ2n) is 5.13. The van der Waals surface area contributed by atoms with Gasteiger partial charge in [-0.1, -0.05) is 6.92 Å². The Labute approximate surface area is 117 Å². The van der Waals surface area contributed by atoms with Crippen molar-refractivity contribution in [3.05, 3.63) is 24.0 Å². The highest BCUT2D eigenvalue weighted by Crippen LogP contribution is 2.16. The number of nitrogens with zero attached hydrogens (tertiary/aromatic N) is 1. The van der Waals surface area contributed by atoms with Crippen molar-refractivity contribution in [1.29, 1.82) is 0 Å². The molecule has 0 radical (unpaired) electrons. The Bertz CT molecular complexity index is 532. The Kier molecular flexibility index (Phi) is 4.96. The molecular formula is C14H18N2O4. The lowest BCUT2D eigenvalue weighted by Crippen LogP contribution is -2.28. The Hall–Kier alpha value is -2.24. The summed E-state index contributed by atoms with van der Waals surface area (Å²) in [6.45, 7) is 6.76. The average molecular weight is 278 g/mol. The third-order valence-corrected chi connectivity index (χ3v) is 2.23.